The van der Waals surface area contributed by atoms with Gasteiger partial charge in [-0.05, 0) is 71.9 Å². The number of hydrogen-bond donors (Lipinski definition) is 1. The maximum atomic E-state index is 13.4. The zero-order valence-electron chi connectivity index (χ0n) is 20.4. The molecule has 1 aromatic carbocycles. The van der Waals surface area contributed by atoms with Gasteiger partial charge in [0, 0.05) is 0 Å². The summed E-state index contributed by atoms with van der Waals surface area (Å²) in [5.41, 5.74) is 0.393. The van der Waals surface area contributed by atoms with Crippen LogP contribution in [0.4, 0.5) is 0 Å². The van der Waals surface area contributed by atoms with Crippen molar-refractivity contribution >= 4 is 25.5 Å². The number of carbonyl (C=O) groups is 3. The van der Waals surface area contributed by atoms with Gasteiger partial charge in [-0.25, -0.2) is 9.59 Å². The number of hydrogen-bond acceptors (Lipinski definition) is 9. The molecule has 0 bridgehead atoms. The first-order valence-electron chi connectivity index (χ1n) is 11.6. The van der Waals surface area contributed by atoms with Gasteiger partial charge in [0.25, 0.3) is 0 Å². The van der Waals surface area contributed by atoms with Gasteiger partial charge in [-0.1, -0.05) is 30.3 Å². The van der Waals surface area contributed by atoms with Crippen molar-refractivity contribution in [3.63, 3.8) is 0 Å². The van der Waals surface area contributed by atoms with Crippen molar-refractivity contribution in [2.75, 3.05) is 19.5 Å². The van der Waals surface area contributed by atoms with Crippen LogP contribution in [0, 0.1) is 5.41 Å². The van der Waals surface area contributed by atoms with Gasteiger partial charge in [0.15, 0.2) is 6.10 Å². The molecule has 10 heteroatoms. The lowest BCUT2D eigenvalue weighted by Crippen LogP contribution is -2.36. The average molecular weight is 498 g/mol. The first-order valence-corrected chi connectivity index (χ1v) is 13.3. The fourth-order valence-corrected chi connectivity index (χ4v) is 4.91. The van der Waals surface area contributed by atoms with Crippen LogP contribution in [0.25, 0.3) is 0 Å². The second-order valence-electron chi connectivity index (χ2n) is 9.34. The highest BCUT2D eigenvalue weighted by molar-refractivity contribution is 7.53. The largest absolute Gasteiger partial charge is 0.438 e. The number of benzene rings is 1. The summed E-state index contributed by atoms with van der Waals surface area (Å²) >= 11 is 0. The highest BCUT2D eigenvalue weighted by atomic mass is 31.2. The Kier molecular flexibility index (Phi) is 10.9. The van der Waals surface area contributed by atoms with Gasteiger partial charge in [0.2, 0.25) is 6.79 Å². The van der Waals surface area contributed by atoms with Crippen LogP contribution in [-0.4, -0.2) is 49.6 Å². The van der Waals surface area contributed by atoms with Crippen molar-refractivity contribution in [2.45, 2.75) is 71.9 Å². The molecule has 2 unspecified atom stereocenters. The fraction of sp³-hybridized carbons (Fsp3) is 0.625. The summed E-state index contributed by atoms with van der Waals surface area (Å²) in [6, 6.07) is 9.32. The predicted octanol–water partition coefficient (Wildman–Crippen LogP) is 3.99. The maximum absolute atomic E-state index is 13.4. The summed E-state index contributed by atoms with van der Waals surface area (Å²) in [6.07, 6.45) is 2.11. The summed E-state index contributed by atoms with van der Waals surface area (Å²) in [5, 5.41) is 2.95. The van der Waals surface area contributed by atoms with Gasteiger partial charge in [-0.3, -0.25) is 18.4 Å². The number of unbranched alkanes of at least 4 members (excludes halogenated alkanes) is 1. The second-order valence-corrected chi connectivity index (χ2v) is 11.5. The predicted molar refractivity (Wildman–Crippen MR) is 126 cm³/mol. The van der Waals surface area contributed by atoms with Crippen LogP contribution in [-0.2, 0) is 43.9 Å². The highest BCUT2D eigenvalue weighted by Crippen LogP contribution is 2.50. The minimum Gasteiger partial charge on any atom is -0.438 e. The zero-order valence-corrected chi connectivity index (χ0v) is 21.3. The number of aryl methyl sites for hydroxylation is 1. The summed E-state index contributed by atoms with van der Waals surface area (Å²) in [4.78, 5) is 36.4. The van der Waals surface area contributed by atoms with Crippen molar-refractivity contribution in [3.05, 3.63) is 35.9 Å². The molecule has 190 valence electrons. The van der Waals surface area contributed by atoms with Crippen molar-refractivity contribution < 1.29 is 37.5 Å². The normalized spacial score (nSPS) is 18.6. The van der Waals surface area contributed by atoms with Crippen LogP contribution in [0.3, 0.4) is 0 Å². The smallest absolute Gasteiger partial charge is 0.343 e. The number of carbonyl (C=O) groups excluding carboxylic acids is 3. The van der Waals surface area contributed by atoms with Crippen molar-refractivity contribution in [2.24, 2.45) is 5.41 Å². The van der Waals surface area contributed by atoms with E-state index in [9.17, 15) is 18.9 Å². The Morgan fingerprint density at radius 1 is 1.15 bits per heavy atom. The number of nitrogens with one attached hydrogen (secondary N) is 1. The van der Waals surface area contributed by atoms with Gasteiger partial charge < -0.3 is 14.8 Å². The molecule has 0 aromatic heterocycles. The summed E-state index contributed by atoms with van der Waals surface area (Å²) in [7, 11) is -3.83. The minimum absolute atomic E-state index is 0.0165. The van der Waals surface area contributed by atoms with E-state index in [4.69, 9.17) is 18.5 Å². The Morgan fingerprint density at radius 2 is 1.85 bits per heavy atom. The number of rotatable bonds is 12. The van der Waals surface area contributed by atoms with Crippen molar-refractivity contribution in [1.82, 2.24) is 5.32 Å². The lowest BCUT2D eigenvalue weighted by molar-refractivity contribution is -0.167. The van der Waals surface area contributed by atoms with Crippen LogP contribution in [0.5, 0.6) is 0 Å². The fourth-order valence-electron chi connectivity index (χ4n) is 3.23. The van der Waals surface area contributed by atoms with E-state index >= 15 is 0 Å². The second kappa shape index (κ2) is 13.1. The standard InChI is InChI=1S/C24H36NO8P/c1-18(21(26)32-22(27)20-14-10-15-25-20)33-34(29,31-17-30-23(28)24(2,3)4)16-9-8-13-19-11-6-5-7-12-19/h5-7,11-12,18,20,25H,8-10,13-17H2,1-4H3/t18?,20-,34?/m0/s1. The molecular formula is C24H36NO8P. The Balaban J connectivity index is 1.93. The third kappa shape index (κ3) is 9.66. The molecule has 2 rings (SSSR count). The van der Waals surface area contributed by atoms with Crippen LogP contribution in [0.15, 0.2) is 30.3 Å². The summed E-state index contributed by atoms with van der Waals surface area (Å²) in [5.74, 6) is -2.15. The average Bonchev–Trinajstić information content (AvgIpc) is 3.32. The van der Waals surface area contributed by atoms with Gasteiger partial charge in [-0.15, -0.1) is 0 Å². The molecular weight excluding hydrogens is 461 g/mol. The topological polar surface area (TPSA) is 117 Å². The van der Waals surface area contributed by atoms with E-state index < -0.39 is 49.9 Å². The molecule has 1 aliphatic heterocycles. The van der Waals surface area contributed by atoms with E-state index in [0.717, 1.165) is 18.4 Å². The van der Waals surface area contributed by atoms with E-state index in [2.05, 4.69) is 5.32 Å². The Labute approximate surface area is 201 Å². The molecule has 1 aromatic rings. The van der Waals surface area contributed by atoms with Gasteiger partial charge >= 0.3 is 25.5 Å². The third-order valence-electron chi connectivity index (χ3n) is 5.24. The lowest BCUT2D eigenvalue weighted by Gasteiger charge is -2.23. The summed E-state index contributed by atoms with van der Waals surface area (Å²) in [6.45, 7) is 6.51. The highest BCUT2D eigenvalue weighted by Gasteiger charge is 2.34. The molecule has 3 atom stereocenters. The Bertz CT molecular complexity index is 861. The summed E-state index contributed by atoms with van der Waals surface area (Å²) < 4.78 is 34.2. The van der Waals surface area contributed by atoms with Gasteiger partial charge in [-0.2, -0.15) is 0 Å². The molecule has 0 saturated carbocycles. The third-order valence-corrected chi connectivity index (χ3v) is 7.24. The molecule has 9 nitrogen and oxygen atoms in total. The molecule has 0 amide bonds. The van der Waals surface area contributed by atoms with Crippen molar-refractivity contribution in [3.8, 4) is 0 Å². The van der Waals surface area contributed by atoms with E-state index in [1.807, 2.05) is 30.3 Å². The Morgan fingerprint density at radius 3 is 2.47 bits per heavy atom. The molecule has 1 N–H and O–H groups in total. The molecule has 1 saturated heterocycles. The van der Waals surface area contributed by atoms with Gasteiger partial charge in [0.1, 0.15) is 6.04 Å². The van der Waals surface area contributed by atoms with E-state index in [1.54, 1.807) is 20.8 Å². The molecule has 0 radical (unpaired) electrons. The Hall–Kier alpha value is -2.06. The number of esters is 3. The van der Waals surface area contributed by atoms with Crippen LogP contribution >= 0.6 is 7.60 Å². The molecule has 34 heavy (non-hydrogen) atoms. The first kappa shape index (κ1) is 28.2. The zero-order chi connectivity index (χ0) is 25.2. The van der Waals surface area contributed by atoms with Crippen LogP contribution in [0.2, 0.25) is 0 Å². The quantitative estimate of drug-likeness (QED) is 0.150. The molecule has 1 heterocycles. The monoisotopic (exact) mass is 497 g/mol. The van der Waals surface area contributed by atoms with Crippen molar-refractivity contribution in [1.29, 1.82) is 0 Å². The minimum atomic E-state index is -3.83. The maximum Gasteiger partial charge on any atom is 0.343 e. The van der Waals surface area contributed by atoms with E-state index in [1.165, 1.54) is 6.92 Å². The van der Waals surface area contributed by atoms with Crippen LogP contribution in [0.1, 0.15) is 58.9 Å². The SMILES string of the molecule is CC(OP(=O)(CCCCc1ccccc1)OCOC(=O)C(C)(C)C)C(=O)OC(=O)[C@@H]1CCCN1. The van der Waals surface area contributed by atoms with E-state index in [-0.39, 0.29) is 6.16 Å². The molecule has 1 fully saturated rings. The molecule has 1 aliphatic rings. The molecule has 0 spiro atoms. The number of ether oxygens (including phenoxy) is 2. The van der Waals surface area contributed by atoms with Crippen LogP contribution < -0.4 is 5.32 Å². The first-order chi connectivity index (χ1) is 16.0. The molecule has 0 aliphatic carbocycles. The lowest BCUT2D eigenvalue weighted by atomic mass is 9.98. The van der Waals surface area contributed by atoms with E-state index in [0.29, 0.717) is 25.8 Å². The van der Waals surface area contributed by atoms with Gasteiger partial charge in [0.05, 0.1) is 11.6 Å².